The second-order valence-electron chi connectivity index (χ2n) is 5.37. The fraction of sp³-hybridized carbons (Fsp3) is 0.353. The molecule has 1 aromatic rings. The molecule has 0 aromatic heterocycles. The summed E-state index contributed by atoms with van der Waals surface area (Å²) in [5, 5.41) is 11.6. The highest BCUT2D eigenvalue weighted by atomic mass is 16.7. The number of hydrogen-bond acceptors (Lipinski definition) is 4. The molecule has 1 atom stereocenters. The first-order valence-electron chi connectivity index (χ1n) is 7.23. The van der Waals surface area contributed by atoms with Crippen LogP contribution in [0.1, 0.15) is 19.4 Å². The van der Waals surface area contributed by atoms with Crippen molar-refractivity contribution in [3.63, 3.8) is 0 Å². The van der Waals surface area contributed by atoms with Crippen molar-refractivity contribution >= 4 is 12.0 Å². The van der Waals surface area contributed by atoms with E-state index >= 15 is 0 Å². The average molecular weight is 303 g/mol. The van der Waals surface area contributed by atoms with Crippen LogP contribution in [0.4, 0.5) is 0 Å². The highest BCUT2D eigenvalue weighted by Gasteiger charge is 2.12. The van der Waals surface area contributed by atoms with Crippen LogP contribution in [0.15, 0.2) is 35.9 Å². The van der Waals surface area contributed by atoms with E-state index in [1.807, 2.05) is 38.1 Å². The van der Waals surface area contributed by atoms with Gasteiger partial charge < -0.3 is 19.9 Å². The molecule has 0 radical (unpaired) electrons. The van der Waals surface area contributed by atoms with E-state index in [0.717, 1.165) is 22.6 Å². The highest BCUT2D eigenvalue weighted by molar-refractivity contribution is 5.88. The summed E-state index contributed by atoms with van der Waals surface area (Å²) in [6.07, 6.45) is 5.20. The van der Waals surface area contributed by atoms with Crippen LogP contribution in [0, 0.1) is 5.92 Å². The quantitative estimate of drug-likeness (QED) is 0.624. The van der Waals surface area contributed by atoms with E-state index in [1.165, 1.54) is 6.08 Å². The van der Waals surface area contributed by atoms with Crippen molar-refractivity contribution in [2.75, 3.05) is 19.9 Å². The van der Waals surface area contributed by atoms with Crippen molar-refractivity contribution in [2.45, 2.75) is 13.8 Å². The first-order chi connectivity index (χ1) is 10.6. The van der Waals surface area contributed by atoms with Gasteiger partial charge in [0.05, 0.1) is 0 Å². The number of aliphatic hydroxyl groups excluding tert-OH is 1. The molecule has 1 aliphatic rings. The van der Waals surface area contributed by atoms with Gasteiger partial charge in [0, 0.05) is 19.2 Å². The summed E-state index contributed by atoms with van der Waals surface area (Å²) in [7, 11) is 0. The number of hydrogen-bond donors (Lipinski definition) is 2. The molecule has 0 saturated heterocycles. The molecule has 5 nitrogen and oxygen atoms in total. The van der Waals surface area contributed by atoms with E-state index in [-0.39, 0.29) is 25.2 Å². The third-order valence-electron chi connectivity index (χ3n) is 3.22. The van der Waals surface area contributed by atoms with Gasteiger partial charge in [-0.1, -0.05) is 30.7 Å². The number of allylic oxidation sites excluding steroid dienone is 2. The zero-order chi connectivity index (χ0) is 15.9. The Balaban J connectivity index is 1.92. The van der Waals surface area contributed by atoms with Gasteiger partial charge in [-0.05, 0) is 30.5 Å². The summed E-state index contributed by atoms with van der Waals surface area (Å²) in [6, 6.07) is 5.71. The molecule has 2 rings (SSSR count). The molecule has 2 N–H and O–H groups in total. The lowest BCUT2D eigenvalue weighted by molar-refractivity contribution is -0.116. The fourth-order valence-electron chi connectivity index (χ4n) is 1.92. The minimum absolute atomic E-state index is 0.0580. The van der Waals surface area contributed by atoms with Crippen molar-refractivity contribution < 1.29 is 19.4 Å². The molecule has 118 valence electrons. The molecule has 1 aliphatic heterocycles. The summed E-state index contributed by atoms with van der Waals surface area (Å²) in [5.41, 5.74) is 1.94. The first-order valence-corrected chi connectivity index (χ1v) is 7.23. The highest BCUT2D eigenvalue weighted by Crippen LogP contribution is 2.33. The SMILES string of the molecule is CC(/C=C/C(=O)NCC(C)CO)=C\c1ccc2c(c1)OCO2. The van der Waals surface area contributed by atoms with Crippen molar-refractivity contribution in [3.8, 4) is 11.5 Å². The van der Waals surface area contributed by atoms with Gasteiger partial charge >= 0.3 is 0 Å². The molecule has 1 unspecified atom stereocenters. The molecule has 0 saturated carbocycles. The first kappa shape index (κ1) is 16.1. The largest absolute Gasteiger partial charge is 0.454 e. The number of nitrogens with one attached hydrogen (secondary N) is 1. The number of ether oxygens (including phenoxy) is 2. The Bertz CT molecular complexity index is 592. The number of carbonyl (C=O) groups is 1. The molecule has 1 heterocycles. The molecule has 22 heavy (non-hydrogen) atoms. The zero-order valence-corrected chi connectivity index (χ0v) is 12.8. The Kier molecular flexibility index (Phi) is 5.61. The maximum Gasteiger partial charge on any atom is 0.243 e. The lowest BCUT2D eigenvalue weighted by Crippen LogP contribution is -2.27. The van der Waals surface area contributed by atoms with E-state index in [4.69, 9.17) is 14.6 Å². The van der Waals surface area contributed by atoms with Crippen LogP contribution < -0.4 is 14.8 Å². The Morgan fingerprint density at radius 1 is 1.36 bits per heavy atom. The number of benzene rings is 1. The third kappa shape index (κ3) is 4.63. The molecular formula is C17H21NO4. The number of aliphatic hydroxyl groups is 1. The van der Waals surface area contributed by atoms with Gasteiger partial charge in [-0.25, -0.2) is 0 Å². The number of rotatable bonds is 6. The molecule has 0 bridgehead atoms. The lowest BCUT2D eigenvalue weighted by Gasteiger charge is -2.07. The maximum atomic E-state index is 11.6. The van der Waals surface area contributed by atoms with Gasteiger partial charge in [0.15, 0.2) is 11.5 Å². The van der Waals surface area contributed by atoms with Gasteiger partial charge in [0.2, 0.25) is 12.7 Å². The monoisotopic (exact) mass is 303 g/mol. The van der Waals surface area contributed by atoms with Crippen LogP contribution >= 0.6 is 0 Å². The van der Waals surface area contributed by atoms with Gasteiger partial charge in [0.1, 0.15) is 0 Å². The van der Waals surface area contributed by atoms with E-state index in [1.54, 1.807) is 6.08 Å². The fourth-order valence-corrected chi connectivity index (χ4v) is 1.92. The molecule has 5 heteroatoms. The molecule has 1 aromatic carbocycles. The van der Waals surface area contributed by atoms with Crippen molar-refractivity contribution in [2.24, 2.45) is 5.92 Å². The van der Waals surface area contributed by atoms with E-state index in [9.17, 15) is 4.79 Å². The summed E-state index contributed by atoms with van der Waals surface area (Å²) in [4.78, 5) is 11.6. The maximum absolute atomic E-state index is 11.6. The number of carbonyl (C=O) groups excluding carboxylic acids is 1. The minimum Gasteiger partial charge on any atom is -0.454 e. The van der Waals surface area contributed by atoms with E-state index in [2.05, 4.69) is 5.32 Å². The smallest absolute Gasteiger partial charge is 0.243 e. The summed E-state index contributed by atoms with van der Waals surface area (Å²) < 4.78 is 10.6. The molecule has 0 spiro atoms. The van der Waals surface area contributed by atoms with Gasteiger partial charge in [-0.2, -0.15) is 0 Å². The topological polar surface area (TPSA) is 67.8 Å². The minimum atomic E-state index is -0.168. The Labute approximate surface area is 130 Å². The van der Waals surface area contributed by atoms with Crippen LogP contribution in [-0.2, 0) is 4.79 Å². The van der Waals surface area contributed by atoms with Crippen molar-refractivity contribution in [1.29, 1.82) is 0 Å². The van der Waals surface area contributed by atoms with Crippen LogP contribution in [0.5, 0.6) is 11.5 Å². The lowest BCUT2D eigenvalue weighted by atomic mass is 10.1. The van der Waals surface area contributed by atoms with Gasteiger partial charge in [-0.3, -0.25) is 4.79 Å². The Morgan fingerprint density at radius 3 is 2.91 bits per heavy atom. The van der Waals surface area contributed by atoms with Gasteiger partial charge in [0.25, 0.3) is 0 Å². The molecular weight excluding hydrogens is 282 g/mol. The summed E-state index contributed by atoms with van der Waals surface area (Å²) >= 11 is 0. The Hall–Kier alpha value is -2.27. The summed E-state index contributed by atoms with van der Waals surface area (Å²) in [6.45, 7) is 4.57. The van der Waals surface area contributed by atoms with Crippen molar-refractivity contribution in [3.05, 3.63) is 41.5 Å². The predicted octanol–water partition coefficient (Wildman–Crippen LogP) is 2.12. The standard InChI is InChI=1S/C17H21NO4/c1-12(3-6-17(20)18-9-13(2)10-19)7-14-4-5-15-16(8-14)22-11-21-15/h3-8,13,19H,9-11H2,1-2H3,(H,18,20)/b6-3+,12-7+. The van der Waals surface area contributed by atoms with Crippen LogP contribution in [-0.4, -0.2) is 31.0 Å². The van der Waals surface area contributed by atoms with E-state index < -0.39 is 0 Å². The van der Waals surface area contributed by atoms with Crippen molar-refractivity contribution in [1.82, 2.24) is 5.32 Å². The predicted molar refractivity (Wildman–Crippen MR) is 84.6 cm³/mol. The van der Waals surface area contributed by atoms with Crippen LogP contribution in [0.2, 0.25) is 0 Å². The zero-order valence-electron chi connectivity index (χ0n) is 12.8. The van der Waals surface area contributed by atoms with Gasteiger partial charge in [-0.15, -0.1) is 0 Å². The molecule has 0 fully saturated rings. The number of amides is 1. The van der Waals surface area contributed by atoms with Crippen LogP contribution in [0.3, 0.4) is 0 Å². The second-order valence-corrected chi connectivity index (χ2v) is 5.37. The normalized spacial score (nSPS) is 15.1. The molecule has 1 amide bonds. The number of fused-ring (bicyclic) bond motifs is 1. The van der Waals surface area contributed by atoms with Crippen LogP contribution in [0.25, 0.3) is 6.08 Å². The van der Waals surface area contributed by atoms with E-state index in [0.29, 0.717) is 6.54 Å². The molecule has 0 aliphatic carbocycles. The third-order valence-corrected chi connectivity index (χ3v) is 3.22. The Morgan fingerprint density at radius 2 is 2.14 bits per heavy atom. The second kappa shape index (κ2) is 7.66. The summed E-state index contributed by atoms with van der Waals surface area (Å²) in [5.74, 6) is 1.38. The average Bonchev–Trinajstić information content (AvgIpc) is 2.98.